The van der Waals surface area contributed by atoms with E-state index in [-0.39, 0.29) is 0 Å². The zero-order chi connectivity index (χ0) is 12.3. The van der Waals surface area contributed by atoms with Gasteiger partial charge < -0.3 is 14.8 Å². The quantitative estimate of drug-likeness (QED) is 0.815. The Morgan fingerprint density at radius 1 is 1.41 bits per heavy atom. The maximum absolute atomic E-state index is 9.83. The lowest BCUT2D eigenvalue weighted by Gasteiger charge is -2.12. The molecule has 1 aromatic heterocycles. The van der Waals surface area contributed by atoms with Gasteiger partial charge in [0.05, 0.1) is 6.26 Å². The van der Waals surface area contributed by atoms with Crippen LogP contribution in [0.1, 0.15) is 11.9 Å². The van der Waals surface area contributed by atoms with Crippen molar-refractivity contribution >= 4 is 39.9 Å². The molecular weight excluding hydrogens is 352 g/mol. The van der Waals surface area contributed by atoms with Gasteiger partial charge >= 0.3 is 0 Å². The van der Waals surface area contributed by atoms with Gasteiger partial charge in [-0.15, -0.1) is 0 Å². The first-order valence-electron chi connectivity index (χ1n) is 5.07. The first kappa shape index (κ1) is 12.7. The van der Waals surface area contributed by atoms with Gasteiger partial charge in [0.1, 0.15) is 11.9 Å². The van der Waals surface area contributed by atoms with Crippen LogP contribution in [0, 0.1) is 3.57 Å². The maximum Gasteiger partial charge on any atom is 0.134 e. The molecule has 0 amide bonds. The van der Waals surface area contributed by atoms with Gasteiger partial charge in [0.25, 0.3) is 0 Å². The van der Waals surface area contributed by atoms with Crippen molar-refractivity contribution in [3.05, 3.63) is 50.9 Å². The molecule has 2 rings (SSSR count). The predicted octanol–water partition coefficient (Wildman–Crippen LogP) is 3.68. The number of aliphatic hydroxyl groups is 1. The number of furan rings is 1. The largest absolute Gasteiger partial charge is 0.467 e. The van der Waals surface area contributed by atoms with Crippen LogP contribution in [-0.2, 0) is 0 Å². The Morgan fingerprint density at radius 3 is 2.88 bits per heavy atom. The first-order valence-corrected chi connectivity index (χ1v) is 6.53. The van der Waals surface area contributed by atoms with Crippen molar-refractivity contribution in [2.75, 3.05) is 11.9 Å². The number of anilines is 1. The Hall–Kier alpha value is -0.720. The van der Waals surface area contributed by atoms with Crippen LogP contribution in [-0.4, -0.2) is 11.7 Å². The van der Waals surface area contributed by atoms with Gasteiger partial charge in [0.15, 0.2) is 0 Å². The number of hydrogen-bond acceptors (Lipinski definition) is 3. The van der Waals surface area contributed by atoms with Gasteiger partial charge in [-0.25, -0.2) is 0 Å². The molecule has 3 nitrogen and oxygen atoms in total. The maximum atomic E-state index is 9.83. The fraction of sp³-hybridized carbons (Fsp3) is 0.167. The second-order valence-electron chi connectivity index (χ2n) is 3.54. The van der Waals surface area contributed by atoms with Gasteiger partial charge in [-0.1, -0.05) is 11.6 Å². The molecule has 5 heteroatoms. The van der Waals surface area contributed by atoms with E-state index < -0.39 is 6.10 Å². The van der Waals surface area contributed by atoms with E-state index in [1.807, 2.05) is 18.2 Å². The number of halogens is 2. The predicted molar refractivity (Wildman–Crippen MR) is 76.3 cm³/mol. The minimum absolute atomic E-state index is 0.394. The third kappa shape index (κ3) is 3.37. The van der Waals surface area contributed by atoms with E-state index in [0.717, 1.165) is 9.26 Å². The summed E-state index contributed by atoms with van der Waals surface area (Å²) in [6.07, 6.45) is 0.890. The van der Waals surface area contributed by atoms with Crippen molar-refractivity contribution in [3.63, 3.8) is 0 Å². The minimum Gasteiger partial charge on any atom is -0.467 e. The van der Waals surface area contributed by atoms with Crippen LogP contribution >= 0.6 is 34.2 Å². The van der Waals surface area contributed by atoms with Gasteiger partial charge in [-0.3, -0.25) is 0 Å². The van der Waals surface area contributed by atoms with Crippen molar-refractivity contribution < 1.29 is 9.52 Å². The topological polar surface area (TPSA) is 45.4 Å². The molecule has 0 saturated carbocycles. The summed E-state index contributed by atoms with van der Waals surface area (Å²) in [6, 6.07) is 9.07. The van der Waals surface area contributed by atoms with Gasteiger partial charge in [-0.05, 0) is 52.9 Å². The molecule has 90 valence electrons. The molecule has 1 atom stereocenters. The summed E-state index contributed by atoms with van der Waals surface area (Å²) in [7, 11) is 0. The van der Waals surface area contributed by atoms with Crippen LogP contribution in [0.5, 0.6) is 0 Å². The molecule has 0 fully saturated rings. The van der Waals surface area contributed by atoms with Crippen molar-refractivity contribution in [1.82, 2.24) is 0 Å². The molecule has 0 spiro atoms. The molecule has 2 N–H and O–H groups in total. The van der Waals surface area contributed by atoms with Crippen LogP contribution in [0.2, 0.25) is 5.02 Å². The molecule has 17 heavy (non-hydrogen) atoms. The summed E-state index contributed by atoms with van der Waals surface area (Å²) in [5, 5.41) is 13.7. The van der Waals surface area contributed by atoms with Crippen LogP contribution in [0.25, 0.3) is 0 Å². The number of hydrogen-bond donors (Lipinski definition) is 2. The Kier molecular flexibility index (Phi) is 4.31. The molecule has 2 aromatic rings. The molecule has 0 saturated heterocycles. The molecule has 0 radical (unpaired) electrons. The zero-order valence-corrected chi connectivity index (χ0v) is 11.8. The molecular formula is C12H11ClINO2. The molecule has 0 bridgehead atoms. The highest BCUT2D eigenvalue weighted by atomic mass is 127. The Morgan fingerprint density at radius 2 is 2.24 bits per heavy atom. The summed E-state index contributed by atoms with van der Waals surface area (Å²) in [5.74, 6) is 0.557. The number of nitrogens with one attached hydrogen (secondary N) is 1. The lowest BCUT2D eigenvalue weighted by molar-refractivity contribution is 0.162. The van der Waals surface area contributed by atoms with Crippen LogP contribution in [0.15, 0.2) is 41.0 Å². The van der Waals surface area contributed by atoms with Crippen LogP contribution in [0.4, 0.5) is 5.69 Å². The Bertz CT molecular complexity index is 487. The smallest absolute Gasteiger partial charge is 0.134 e. The third-order valence-electron chi connectivity index (χ3n) is 2.29. The van der Waals surface area contributed by atoms with E-state index in [9.17, 15) is 5.11 Å². The zero-order valence-electron chi connectivity index (χ0n) is 8.86. The fourth-order valence-corrected chi connectivity index (χ4v) is 2.48. The standard InChI is InChI=1S/C12H11ClINO2/c13-8-3-4-10(9(14)6-8)15-7-11(16)12-2-1-5-17-12/h1-6,11,15-16H,7H2. The highest BCUT2D eigenvalue weighted by Gasteiger charge is 2.10. The molecule has 0 aliphatic heterocycles. The highest BCUT2D eigenvalue weighted by Crippen LogP contribution is 2.23. The summed E-state index contributed by atoms with van der Waals surface area (Å²) in [4.78, 5) is 0. The minimum atomic E-state index is -0.656. The number of rotatable bonds is 4. The normalized spacial score (nSPS) is 12.4. The lowest BCUT2D eigenvalue weighted by Crippen LogP contribution is -2.12. The van der Waals surface area contributed by atoms with Gasteiger partial charge in [0, 0.05) is 20.8 Å². The van der Waals surface area contributed by atoms with Gasteiger partial charge in [0.2, 0.25) is 0 Å². The fourth-order valence-electron chi connectivity index (χ4n) is 1.42. The van der Waals surface area contributed by atoms with Crippen molar-refractivity contribution in [3.8, 4) is 0 Å². The third-order valence-corrected chi connectivity index (χ3v) is 3.42. The van der Waals surface area contributed by atoms with Gasteiger partial charge in [-0.2, -0.15) is 0 Å². The van der Waals surface area contributed by atoms with Crippen molar-refractivity contribution in [2.24, 2.45) is 0 Å². The summed E-state index contributed by atoms with van der Waals surface area (Å²) >= 11 is 8.06. The number of benzene rings is 1. The van der Waals surface area contributed by atoms with E-state index in [4.69, 9.17) is 16.0 Å². The summed E-state index contributed by atoms with van der Waals surface area (Å²) in [6.45, 7) is 0.394. The van der Waals surface area contributed by atoms with E-state index in [0.29, 0.717) is 17.3 Å². The summed E-state index contributed by atoms with van der Waals surface area (Å²) in [5.41, 5.74) is 0.945. The van der Waals surface area contributed by atoms with Crippen molar-refractivity contribution in [2.45, 2.75) is 6.10 Å². The number of aliphatic hydroxyl groups excluding tert-OH is 1. The molecule has 1 heterocycles. The van der Waals surface area contributed by atoms with Crippen LogP contribution < -0.4 is 5.32 Å². The molecule has 1 aromatic carbocycles. The average molecular weight is 364 g/mol. The van der Waals surface area contributed by atoms with E-state index in [2.05, 4.69) is 27.9 Å². The highest BCUT2D eigenvalue weighted by molar-refractivity contribution is 14.1. The monoisotopic (exact) mass is 363 g/mol. The van der Waals surface area contributed by atoms with E-state index >= 15 is 0 Å². The Balaban J connectivity index is 1.98. The lowest BCUT2D eigenvalue weighted by atomic mass is 10.2. The second kappa shape index (κ2) is 5.75. The SMILES string of the molecule is OC(CNc1ccc(Cl)cc1I)c1ccco1. The molecule has 0 aliphatic carbocycles. The first-order chi connectivity index (χ1) is 8.16. The van der Waals surface area contributed by atoms with Crippen LogP contribution in [0.3, 0.4) is 0 Å². The molecule has 1 unspecified atom stereocenters. The second-order valence-corrected chi connectivity index (χ2v) is 5.13. The summed E-state index contributed by atoms with van der Waals surface area (Å²) < 4.78 is 6.14. The average Bonchev–Trinajstić information content (AvgIpc) is 2.81. The van der Waals surface area contributed by atoms with E-state index in [1.165, 1.54) is 0 Å². The Labute approximate surface area is 118 Å². The van der Waals surface area contributed by atoms with Crippen molar-refractivity contribution in [1.29, 1.82) is 0 Å². The molecule has 0 aliphatic rings. The van der Waals surface area contributed by atoms with E-state index in [1.54, 1.807) is 18.4 Å².